The molecule has 2 nitrogen and oxygen atoms in total. The lowest BCUT2D eigenvalue weighted by molar-refractivity contribution is -0.137. The van der Waals surface area contributed by atoms with E-state index in [4.69, 9.17) is 0 Å². The van der Waals surface area contributed by atoms with Crippen LogP contribution in [0.5, 0.6) is 0 Å². The summed E-state index contributed by atoms with van der Waals surface area (Å²) < 4.78 is 51.2. The molecule has 1 fully saturated rings. The minimum absolute atomic E-state index is 0.290. The first kappa shape index (κ1) is 13.8. The molecule has 1 aromatic rings. The minimum Gasteiger partial charge on any atom is -0.338 e. The Morgan fingerprint density at radius 3 is 2.58 bits per heavy atom. The van der Waals surface area contributed by atoms with Crippen molar-refractivity contribution in [2.45, 2.75) is 19.5 Å². The molecular formula is C13H13F4NO. The van der Waals surface area contributed by atoms with Crippen LogP contribution in [0.4, 0.5) is 17.6 Å². The van der Waals surface area contributed by atoms with Crippen LogP contribution in [0, 0.1) is 11.7 Å². The predicted molar refractivity (Wildman–Crippen MR) is 61.1 cm³/mol. The van der Waals surface area contributed by atoms with E-state index in [-0.39, 0.29) is 5.92 Å². The molecule has 1 amide bonds. The largest absolute Gasteiger partial charge is 0.416 e. The summed E-state index contributed by atoms with van der Waals surface area (Å²) in [7, 11) is 0. The van der Waals surface area contributed by atoms with E-state index in [2.05, 4.69) is 0 Å². The van der Waals surface area contributed by atoms with Gasteiger partial charge in [0.1, 0.15) is 5.82 Å². The molecule has 1 unspecified atom stereocenters. The standard InChI is InChI=1S/C13H13F4NO/c1-8-4-5-18(7-8)12(19)10-6-9(13(15,16)17)2-3-11(10)14/h2-3,6,8H,4-5,7H2,1H3. The highest BCUT2D eigenvalue weighted by atomic mass is 19.4. The van der Waals surface area contributed by atoms with Gasteiger partial charge in [-0.2, -0.15) is 13.2 Å². The van der Waals surface area contributed by atoms with E-state index < -0.39 is 29.0 Å². The molecule has 0 aromatic heterocycles. The maximum Gasteiger partial charge on any atom is 0.416 e. The monoisotopic (exact) mass is 275 g/mol. The summed E-state index contributed by atoms with van der Waals surface area (Å²) in [6.07, 6.45) is -3.80. The van der Waals surface area contributed by atoms with E-state index >= 15 is 0 Å². The molecule has 2 rings (SSSR count). The third kappa shape index (κ3) is 2.88. The zero-order valence-electron chi connectivity index (χ0n) is 10.3. The van der Waals surface area contributed by atoms with Gasteiger partial charge in [-0.05, 0) is 30.5 Å². The molecule has 0 saturated carbocycles. The lowest BCUT2D eigenvalue weighted by atomic mass is 10.1. The highest BCUT2D eigenvalue weighted by Crippen LogP contribution is 2.31. The van der Waals surface area contributed by atoms with Crippen molar-refractivity contribution in [3.63, 3.8) is 0 Å². The van der Waals surface area contributed by atoms with E-state index in [1.807, 2.05) is 6.92 Å². The number of benzene rings is 1. The lowest BCUT2D eigenvalue weighted by Gasteiger charge is -2.17. The first-order valence-corrected chi connectivity index (χ1v) is 5.95. The van der Waals surface area contributed by atoms with Crippen molar-refractivity contribution in [2.75, 3.05) is 13.1 Å². The van der Waals surface area contributed by atoms with Gasteiger partial charge in [-0.15, -0.1) is 0 Å². The van der Waals surface area contributed by atoms with Crippen LogP contribution in [0.15, 0.2) is 18.2 Å². The highest BCUT2D eigenvalue weighted by Gasteiger charge is 2.33. The molecular weight excluding hydrogens is 262 g/mol. The summed E-state index contributed by atoms with van der Waals surface area (Å²) in [5, 5.41) is 0. The number of hydrogen-bond acceptors (Lipinski definition) is 1. The maximum atomic E-state index is 13.5. The fourth-order valence-corrected chi connectivity index (χ4v) is 2.16. The molecule has 0 N–H and O–H groups in total. The Kier molecular flexibility index (Phi) is 3.52. The average Bonchev–Trinajstić information content (AvgIpc) is 2.74. The molecule has 0 bridgehead atoms. The Morgan fingerprint density at radius 1 is 1.37 bits per heavy atom. The smallest absolute Gasteiger partial charge is 0.338 e. The first-order chi connectivity index (χ1) is 8.79. The highest BCUT2D eigenvalue weighted by molar-refractivity contribution is 5.94. The zero-order valence-corrected chi connectivity index (χ0v) is 10.3. The summed E-state index contributed by atoms with van der Waals surface area (Å²) in [6, 6.07) is 1.91. The van der Waals surface area contributed by atoms with E-state index in [0.717, 1.165) is 6.42 Å². The number of halogens is 4. The summed E-state index contributed by atoms with van der Waals surface area (Å²) in [6.45, 7) is 2.85. The van der Waals surface area contributed by atoms with Gasteiger partial charge < -0.3 is 4.90 Å². The molecule has 6 heteroatoms. The van der Waals surface area contributed by atoms with E-state index in [0.29, 0.717) is 31.3 Å². The van der Waals surface area contributed by atoms with Gasteiger partial charge in [-0.3, -0.25) is 4.79 Å². The topological polar surface area (TPSA) is 20.3 Å². The van der Waals surface area contributed by atoms with E-state index in [1.54, 1.807) is 0 Å². The molecule has 104 valence electrons. The summed E-state index contributed by atoms with van der Waals surface area (Å²) in [5.41, 5.74) is -1.52. The van der Waals surface area contributed by atoms with Gasteiger partial charge in [-0.25, -0.2) is 4.39 Å². The fraction of sp³-hybridized carbons (Fsp3) is 0.462. The van der Waals surface area contributed by atoms with Gasteiger partial charge in [0.15, 0.2) is 0 Å². The summed E-state index contributed by atoms with van der Waals surface area (Å²) >= 11 is 0. The van der Waals surface area contributed by atoms with Crippen molar-refractivity contribution in [3.8, 4) is 0 Å². The third-order valence-electron chi connectivity index (χ3n) is 3.24. The molecule has 0 aliphatic carbocycles. The van der Waals surface area contributed by atoms with Crippen LogP contribution in [-0.2, 0) is 6.18 Å². The van der Waals surface area contributed by atoms with Crippen molar-refractivity contribution in [1.29, 1.82) is 0 Å². The normalized spacial score (nSPS) is 19.8. The van der Waals surface area contributed by atoms with Gasteiger partial charge in [0.05, 0.1) is 11.1 Å². The number of amides is 1. The van der Waals surface area contributed by atoms with Crippen LogP contribution in [0.1, 0.15) is 29.3 Å². The van der Waals surface area contributed by atoms with E-state index in [1.165, 1.54) is 4.90 Å². The molecule has 19 heavy (non-hydrogen) atoms. The summed E-state index contributed by atoms with van der Waals surface area (Å²) in [5.74, 6) is -1.30. The van der Waals surface area contributed by atoms with Crippen molar-refractivity contribution >= 4 is 5.91 Å². The number of likely N-dealkylation sites (tertiary alicyclic amines) is 1. The summed E-state index contributed by atoms with van der Waals surface area (Å²) in [4.78, 5) is 13.4. The molecule has 1 aliphatic rings. The third-order valence-corrected chi connectivity index (χ3v) is 3.24. The van der Waals surface area contributed by atoms with Crippen LogP contribution >= 0.6 is 0 Å². The van der Waals surface area contributed by atoms with Crippen LogP contribution in [0.25, 0.3) is 0 Å². The Morgan fingerprint density at radius 2 is 2.05 bits per heavy atom. The number of nitrogens with zero attached hydrogens (tertiary/aromatic N) is 1. The van der Waals surface area contributed by atoms with E-state index in [9.17, 15) is 22.4 Å². The SMILES string of the molecule is CC1CCN(C(=O)c2cc(C(F)(F)F)ccc2F)C1. The number of hydrogen-bond donors (Lipinski definition) is 0. The number of carbonyl (C=O) groups excluding carboxylic acids is 1. The van der Waals surface area contributed by atoms with Gasteiger partial charge in [0.25, 0.3) is 5.91 Å². The Bertz CT molecular complexity index is 498. The van der Waals surface area contributed by atoms with Crippen LogP contribution in [0.3, 0.4) is 0 Å². The predicted octanol–water partition coefficient (Wildman–Crippen LogP) is 3.33. The number of carbonyl (C=O) groups is 1. The van der Waals surface area contributed by atoms with Crippen LogP contribution < -0.4 is 0 Å². The maximum absolute atomic E-state index is 13.5. The van der Waals surface area contributed by atoms with Crippen molar-refractivity contribution < 1.29 is 22.4 Å². The molecule has 0 radical (unpaired) electrons. The molecule has 1 heterocycles. The Hall–Kier alpha value is -1.59. The molecule has 1 aliphatic heterocycles. The average molecular weight is 275 g/mol. The van der Waals surface area contributed by atoms with Crippen molar-refractivity contribution in [1.82, 2.24) is 4.90 Å². The Labute approximate surface area is 108 Å². The zero-order chi connectivity index (χ0) is 14.2. The molecule has 0 spiro atoms. The minimum atomic E-state index is -4.58. The van der Waals surface area contributed by atoms with Gasteiger partial charge in [0, 0.05) is 13.1 Å². The van der Waals surface area contributed by atoms with Crippen LogP contribution in [-0.4, -0.2) is 23.9 Å². The lowest BCUT2D eigenvalue weighted by Crippen LogP contribution is -2.29. The van der Waals surface area contributed by atoms with Crippen molar-refractivity contribution in [2.24, 2.45) is 5.92 Å². The Balaban J connectivity index is 2.31. The fourth-order valence-electron chi connectivity index (χ4n) is 2.16. The van der Waals surface area contributed by atoms with Gasteiger partial charge in [-0.1, -0.05) is 6.92 Å². The van der Waals surface area contributed by atoms with Gasteiger partial charge in [0.2, 0.25) is 0 Å². The quantitative estimate of drug-likeness (QED) is 0.720. The molecule has 1 atom stereocenters. The second kappa shape index (κ2) is 4.83. The van der Waals surface area contributed by atoms with Crippen molar-refractivity contribution in [3.05, 3.63) is 35.1 Å². The second-order valence-corrected chi connectivity index (χ2v) is 4.84. The first-order valence-electron chi connectivity index (χ1n) is 5.95. The number of rotatable bonds is 1. The molecule has 1 aromatic carbocycles. The van der Waals surface area contributed by atoms with Crippen LogP contribution in [0.2, 0.25) is 0 Å². The molecule has 1 saturated heterocycles. The number of alkyl halides is 3. The second-order valence-electron chi connectivity index (χ2n) is 4.84. The van der Waals surface area contributed by atoms with Gasteiger partial charge >= 0.3 is 6.18 Å².